The summed E-state index contributed by atoms with van der Waals surface area (Å²) in [6, 6.07) is 13.4. The van der Waals surface area contributed by atoms with Gasteiger partial charge in [0, 0.05) is 18.1 Å². The van der Waals surface area contributed by atoms with Crippen LogP contribution in [0, 0.1) is 11.7 Å². The van der Waals surface area contributed by atoms with Crippen LogP contribution in [0.5, 0.6) is 5.88 Å². The molecule has 0 bridgehead atoms. The minimum atomic E-state index is -0.629. The van der Waals surface area contributed by atoms with E-state index >= 15 is 0 Å². The summed E-state index contributed by atoms with van der Waals surface area (Å²) in [5.74, 6) is 2.57. The molecule has 0 spiro atoms. The molecule has 36 heavy (non-hydrogen) atoms. The van der Waals surface area contributed by atoms with Gasteiger partial charge in [0.1, 0.15) is 23.6 Å². The molecule has 0 unspecified atom stereocenters. The molecule has 2 aliphatic rings. The summed E-state index contributed by atoms with van der Waals surface area (Å²) >= 11 is 0. The third-order valence-corrected chi connectivity index (χ3v) is 7.44. The van der Waals surface area contributed by atoms with Gasteiger partial charge in [0.25, 0.3) is 0 Å². The summed E-state index contributed by atoms with van der Waals surface area (Å²) in [4.78, 5) is 21.0. The first-order chi connectivity index (χ1) is 17.4. The summed E-state index contributed by atoms with van der Waals surface area (Å²) in [7, 11) is 0. The van der Waals surface area contributed by atoms with Crippen molar-refractivity contribution in [2.45, 2.75) is 57.5 Å². The van der Waals surface area contributed by atoms with Crippen molar-refractivity contribution in [3.8, 4) is 5.88 Å². The molecule has 8 heteroatoms. The zero-order chi connectivity index (χ0) is 24.9. The molecule has 1 aliphatic carbocycles. The lowest BCUT2D eigenvalue weighted by atomic mass is 9.77. The quantitative estimate of drug-likeness (QED) is 0.376. The van der Waals surface area contributed by atoms with Gasteiger partial charge < -0.3 is 15.5 Å². The maximum Gasteiger partial charge on any atom is 0.246 e. The second-order valence-electron chi connectivity index (χ2n) is 10.4. The first-order valence-electron chi connectivity index (χ1n) is 12.5. The maximum absolute atomic E-state index is 13.5. The summed E-state index contributed by atoms with van der Waals surface area (Å²) in [5, 5.41) is 0. The van der Waals surface area contributed by atoms with E-state index in [1.165, 1.54) is 24.0 Å². The summed E-state index contributed by atoms with van der Waals surface area (Å²) < 4.78 is 19.6. The number of nitrogens with one attached hydrogen (secondary N) is 1. The Morgan fingerprint density at radius 2 is 1.83 bits per heavy atom. The zero-order valence-corrected chi connectivity index (χ0v) is 20.5. The number of fused-ring (bicyclic) bond motifs is 2. The van der Waals surface area contributed by atoms with Crippen molar-refractivity contribution in [3.05, 3.63) is 71.6 Å². The number of nitrogen functional groups attached to an aromatic ring is 1. The van der Waals surface area contributed by atoms with Crippen LogP contribution in [0.3, 0.4) is 0 Å². The highest BCUT2D eigenvalue weighted by atomic mass is 19.1. The summed E-state index contributed by atoms with van der Waals surface area (Å²) in [5.41, 5.74) is 10.7. The van der Waals surface area contributed by atoms with E-state index in [4.69, 9.17) is 15.5 Å². The molecule has 0 radical (unpaired) electrons. The molecule has 0 atom stereocenters. The predicted octanol–water partition coefficient (Wildman–Crippen LogP) is 5.88. The number of hydrogen-bond acceptors (Lipinski definition) is 6. The second kappa shape index (κ2) is 8.69. The number of aromatic amines is 1. The van der Waals surface area contributed by atoms with Gasteiger partial charge >= 0.3 is 0 Å². The number of nitrogens with zero attached hydrogens (tertiary/aromatic N) is 4. The number of aliphatic imine (C=N–C) groups is 1. The number of benzene rings is 2. The first-order valence-corrected chi connectivity index (χ1v) is 12.5. The van der Waals surface area contributed by atoms with E-state index in [-0.39, 0.29) is 5.82 Å². The van der Waals surface area contributed by atoms with Crippen LogP contribution < -0.4 is 10.5 Å². The van der Waals surface area contributed by atoms with Gasteiger partial charge in [-0.15, -0.1) is 0 Å². The Kier molecular flexibility index (Phi) is 5.47. The van der Waals surface area contributed by atoms with E-state index in [0.717, 1.165) is 54.7 Å². The fourth-order valence-corrected chi connectivity index (χ4v) is 5.52. The molecule has 3 heterocycles. The first kappa shape index (κ1) is 22.6. The normalized spacial score (nSPS) is 21.0. The predicted molar refractivity (Wildman–Crippen MR) is 138 cm³/mol. The maximum atomic E-state index is 13.5. The lowest BCUT2D eigenvalue weighted by molar-refractivity contribution is 0.171. The van der Waals surface area contributed by atoms with Crippen molar-refractivity contribution in [3.63, 3.8) is 0 Å². The number of aromatic nitrogens is 4. The number of halogens is 1. The minimum Gasteiger partial charge on any atom is -0.463 e. The van der Waals surface area contributed by atoms with Crippen LogP contribution in [-0.4, -0.2) is 31.2 Å². The third kappa shape index (κ3) is 4.21. The molecule has 1 saturated carbocycles. The standard InChI is InChI=1S/C28H29FN6O/c1-28(2)25(35-24-26(30)31-15-32-27(24)36-28)19-9-7-18(8-10-19)17-5-3-16(4-6-17)13-23-33-21-12-11-20(29)14-22(21)34-23/h7-12,14-17H,3-6,13H2,1-2H3,(H,33,34)(H2,30,31,32)/t16-,17-. The van der Waals surface area contributed by atoms with Gasteiger partial charge in [0.15, 0.2) is 11.5 Å². The van der Waals surface area contributed by atoms with E-state index in [1.807, 2.05) is 13.8 Å². The van der Waals surface area contributed by atoms with Gasteiger partial charge in [0.2, 0.25) is 5.88 Å². The smallest absolute Gasteiger partial charge is 0.246 e. The minimum absolute atomic E-state index is 0.248. The Hall–Kier alpha value is -3.81. The number of H-pyrrole nitrogens is 1. The highest BCUT2D eigenvalue weighted by molar-refractivity contribution is 6.09. The lowest BCUT2D eigenvalue weighted by Crippen LogP contribution is -2.41. The van der Waals surface area contributed by atoms with Crippen LogP contribution in [0.25, 0.3) is 11.0 Å². The van der Waals surface area contributed by atoms with E-state index in [9.17, 15) is 4.39 Å². The molecule has 1 aliphatic heterocycles. The molecule has 6 rings (SSSR count). The molecular formula is C28H29FN6O. The topological polar surface area (TPSA) is 102 Å². The van der Waals surface area contributed by atoms with Crippen LogP contribution in [0.4, 0.5) is 15.9 Å². The summed E-state index contributed by atoms with van der Waals surface area (Å²) in [6.45, 7) is 3.97. The highest BCUT2D eigenvalue weighted by Gasteiger charge is 2.35. The summed E-state index contributed by atoms with van der Waals surface area (Å²) in [6.07, 6.45) is 6.91. The zero-order valence-electron chi connectivity index (χ0n) is 20.5. The highest BCUT2D eigenvalue weighted by Crippen LogP contribution is 2.40. The van der Waals surface area contributed by atoms with Crippen molar-refractivity contribution in [1.82, 2.24) is 19.9 Å². The van der Waals surface area contributed by atoms with Crippen molar-refractivity contribution < 1.29 is 9.13 Å². The van der Waals surface area contributed by atoms with Crippen molar-refractivity contribution >= 4 is 28.3 Å². The van der Waals surface area contributed by atoms with Crippen molar-refractivity contribution in [2.75, 3.05) is 5.73 Å². The van der Waals surface area contributed by atoms with Gasteiger partial charge in [-0.25, -0.2) is 19.4 Å². The van der Waals surface area contributed by atoms with Gasteiger partial charge in [-0.3, -0.25) is 0 Å². The van der Waals surface area contributed by atoms with E-state index in [0.29, 0.717) is 34.7 Å². The monoisotopic (exact) mass is 484 g/mol. The van der Waals surface area contributed by atoms with Crippen LogP contribution in [0.2, 0.25) is 0 Å². The molecular weight excluding hydrogens is 455 g/mol. The van der Waals surface area contributed by atoms with Crippen LogP contribution in [0.15, 0.2) is 53.8 Å². The van der Waals surface area contributed by atoms with Gasteiger partial charge in [-0.1, -0.05) is 24.3 Å². The molecule has 0 saturated heterocycles. The fraction of sp³-hybridized carbons (Fsp3) is 0.357. The molecule has 184 valence electrons. The van der Waals surface area contributed by atoms with Crippen LogP contribution in [0.1, 0.15) is 62.4 Å². The third-order valence-electron chi connectivity index (χ3n) is 7.44. The van der Waals surface area contributed by atoms with Gasteiger partial charge in [-0.05, 0) is 69.1 Å². The fourth-order valence-electron chi connectivity index (χ4n) is 5.52. The number of imidazole rings is 1. The van der Waals surface area contributed by atoms with Gasteiger partial charge in [0.05, 0.1) is 16.7 Å². The lowest BCUT2D eigenvalue weighted by Gasteiger charge is -2.32. The van der Waals surface area contributed by atoms with E-state index < -0.39 is 5.60 Å². The molecule has 0 amide bonds. The van der Waals surface area contributed by atoms with Gasteiger partial charge in [-0.2, -0.15) is 4.98 Å². The molecule has 2 aromatic carbocycles. The Labute approximate surface area is 209 Å². The van der Waals surface area contributed by atoms with E-state index in [1.54, 1.807) is 6.07 Å². The Morgan fingerprint density at radius 3 is 2.61 bits per heavy atom. The number of hydrogen-bond donors (Lipinski definition) is 2. The molecule has 3 N–H and O–H groups in total. The second-order valence-corrected chi connectivity index (χ2v) is 10.4. The Balaban J connectivity index is 1.13. The average molecular weight is 485 g/mol. The average Bonchev–Trinajstić information content (AvgIpc) is 3.25. The number of rotatable bonds is 4. The number of nitrogens with two attached hydrogens (primary N) is 1. The molecule has 2 aromatic heterocycles. The Bertz CT molecular complexity index is 1450. The number of anilines is 1. The Morgan fingerprint density at radius 1 is 1.06 bits per heavy atom. The van der Waals surface area contributed by atoms with Crippen molar-refractivity contribution in [2.24, 2.45) is 10.9 Å². The van der Waals surface area contributed by atoms with Crippen LogP contribution >= 0.6 is 0 Å². The largest absolute Gasteiger partial charge is 0.463 e. The number of ether oxygens (including phenoxy) is 1. The van der Waals surface area contributed by atoms with Crippen molar-refractivity contribution in [1.29, 1.82) is 0 Å². The SMILES string of the molecule is CC1(C)Oc2ncnc(N)c2N=C1c1ccc([C@H]2CC[C@H](Cc3nc4cc(F)ccc4[nH]3)CC2)cc1. The molecule has 7 nitrogen and oxygen atoms in total. The molecule has 1 fully saturated rings. The molecule has 4 aromatic rings. The van der Waals surface area contributed by atoms with Crippen LogP contribution in [-0.2, 0) is 6.42 Å². The van der Waals surface area contributed by atoms with E-state index in [2.05, 4.69) is 44.2 Å².